The molecule has 2 heterocycles. The third-order valence-electron chi connectivity index (χ3n) is 3.99. The highest BCUT2D eigenvalue weighted by molar-refractivity contribution is 14.0. The minimum atomic E-state index is 0. The first-order valence-corrected chi connectivity index (χ1v) is 9.16. The van der Waals surface area contributed by atoms with Gasteiger partial charge in [0.1, 0.15) is 12.0 Å². The first-order chi connectivity index (χ1) is 13.1. The molecule has 8 heteroatoms. The highest BCUT2D eigenvalue weighted by atomic mass is 127. The Morgan fingerprint density at radius 3 is 2.61 bits per heavy atom. The Bertz CT molecular complexity index is 884. The van der Waals surface area contributed by atoms with E-state index in [-0.39, 0.29) is 24.0 Å². The minimum absolute atomic E-state index is 0. The number of guanidine groups is 1. The molecule has 150 valence electrons. The minimum Gasteiger partial charge on any atom is -0.444 e. The molecule has 0 aliphatic heterocycles. The fraction of sp³-hybridized carbons (Fsp3) is 0.350. The zero-order chi connectivity index (χ0) is 19.1. The molecule has 0 saturated carbocycles. The molecule has 2 aromatic heterocycles. The lowest BCUT2D eigenvalue weighted by Crippen LogP contribution is -2.38. The van der Waals surface area contributed by atoms with Gasteiger partial charge in [-0.25, -0.2) is 9.98 Å². The van der Waals surface area contributed by atoms with Gasteiger partial charge in [-0.3, -0.25) is 4.68 Å². The van der Waals surface area contributed by atoms with Crippen molar-refractivity contribution in [2.75, 3.05) is 13.1 Å². The van der Waals surface area contributed by atoms with Crippen molar-refractivity contribution in [2.24, 2.45) is 4.99 Å². The lowest BCUT2D eigenvalue weighted by Gasteiger charge is -2.10. The highest BCUT2D eigenvalue weighted by Gasteiger charge is 2.07. The molecule has 2 N–H and O–H groups in total. The van der Waals surface area contributed by atoms with Crippen LogP contribution in [0.2, 0.25) is 0 Å². The summed E-state index contributed by atoms with van der Waals surface area (Å²) in [4.78, 5) is 9.11. The van der Waals surface area contributed by atoms with Gasteiger partial charge >= 0.3 is 0 Å². The van der Waals surface area contributed by atoms with Gasteiger partial charge in [0.05, 0.1) is 19.3 Å². The molecule has 0 radical (unpaired) electrons. The van der Waals surface area contributed by atoms with Crippen LogP contribution in [0.4, 0.5) is 0 Å². The van der Waals surface area contributed by atoms with Gasteiger partial charge in [0.25, 0.3) is 0 Å². The number of nitrogens with zero attached hydrogens (tertiary/aromatic N) is 4. The molecule has 0 spiro atoms. The largest absolute Gasteiger partial charge is 0.444 e. The second-order valence-corrected chi connectivity index (χ2v) is 6.41. The van der Waals surface area contributed by atoms with Crippen LogP contribution in [-0.4, -0.2) is 33.8 Å². The Kier molecular flexibility index (Phi) is 8.49. The van der Waals surface area contributed by atoms with Crippen LogP contribution >= 0.6 is 24.0 Å². The zero-order valence-electron chi connectivity index (χ0n) is 16.5. The van der Waals surface area contributed by atoms with Gasteiger partial charge < -0.3 is 15.1 Å². The van der Waals surface area contributed by atoms with Crippen molar-refractivity contribution in [3.63, 3.8) is 0 Å². The summed E-state index contributed by atoms with van der Waals surface area (Å²) in [5.74, 6) is 1.37. The van der Waals surface area contributed by atoms with E-state index in [4.69, 9.17) is 4.42 Å². The summed E-state index contributed by atoms with van der Waals surface area (Å²) < 4.78 is 7.51. The number of oxazole rings is 1. The van der Waals surface area contributed by atoms with Crippen LogP contribution in [0.5, 0.6) is 0 Å². The van der Waals surface area contributed by atoms with Crippen molar-refractivity contribution in [1.82, 2.24) is 25.4 Å². The van der Waals surface area contributed by atoms with Crippen LogP contribution in [0, 0.1) is 13.8 Å². The predicted molar refractivity (Wildman–Crippen MR) is 122 cm³/mol. The van der Waals surface area contributed by atoms with Crippen molar-refractivity contribution in [1.29, 1.82) is 0 Å². The summed E-state index contributed by atoms with van der Waals surface area (Å²) in [5.41, 5.74) is 4.13. The van der Waals surface area contributed by atoms with Crippen molar-refractivity contribution in [3.8, 4) is 11.5 Å². The van der Waals surface area contributed by atoms with E-state index in [1.807, 2.05) is 55.2 Å². The van der Waals surface area contributed by atoms with Crippen molar-refractivity contribution >= 4 is 29.9 Å². The SMILES string of the molecule is CCNC(=NCc1coc(-c2ccc(C)cc2)n1)NCCn1cc(C)cn1.I. The number of aryl methyl sites for hydroxylation is 2. The fourth-order valence-corrected chi connectivity index (χ4v) is 2.59. The van der Waals surface area contributed by atoms with E-state index in [1.54, 1.807) is 6.26 Å². The number of hydrogen-bond donors (Lipinski definition) is 2. The second kappa shape index (κ2) is 10.8. The Morgan fingerprint density at radius 1 is 1.14 bits per heavy atom. The van der Waals surface area contributed by atoms with Crippen molar-refractivity contribution < 1.29 is 4.42 Å². The Labute approximate surface area is 182 Å². The van der Waals surface area contributed by atoms with Gasteiger partial charge in [-0.15, -0.1) is 24.0 Å². The number of aliphatic imine (C=N–C) groups is 1. The molecule has 0 aliphatic carbocycles. The van der Waals surface area contributed by atoms with Crippen LogP contribution in [0.15, 0.2) is 52.3 Å². The second-order valence-electron chi connectivity index (χ2n) is 6.41. The standard InChI is InChI=1S/C20H26N6O.HI/c1-4-21-20(22-9-10-26-13-16(3)11-24-26)23-12-18-14-27-19(25-18)17-7-5-15(2)6-8-17;/h5-8,11,13-14H,4,9-10,12H2,1-3H3,(H2,21,22,23);1H. The molecule has 0 aliphatic rings. The Hall–Kier alpha value is -2.36. The summed E-state index contributed by atoms with van der Waals surface area (Å²) in [6.07, 6.45) is 5.54. The molecule has 0 saturated heterocycles. The summed E-state index contributed by atoms with van der Waals surface area (Å²) in [5, 5.41) is 10.8. The molecule has 1 aromatic carbocycles. The first kappa shape index (κ1) is 21.9. The monoisotopic (exact) mass is 494 g/mol. The average molecular weight is 494 g/mol. The number of benzene rings is 1. The lowest BCUT2D eigenvalue weighted by atomic mass is 10.1. The summed E-state index contributed by atoms with van der Waals surface area (Å²) in [6, 6.07) is 8.12. The van der Waals surface area contributed by atoms with E-state index in [9.17, 15) is 0 Å². The average Bonchev–Trinajstić information content (AvgIpc) is 3.29. The van der Waals surface area contributed by atoms with Gasteiger partial charge in [-0.1, -0.05) is 17.7 Å². The molecule has 28 heavy (non-hydrogen) atoms. The highest BCUT2D eigenvalue weighted by Crippen LogP contribution is 2.19. The maximum atomic E-state index is 5.59. The number of rotatable bonds is 7. The van der Waals surface area contributed by atoms with E-state index in [0.717, 1.165) is 42.4 Å². The van der Waals surface area contributed by atoms with Crippen LogP contribution in [0.25, 0.3) is 11.5 Å². The van der Waals surface area contributed by atoms with Crippen LogP contribution in [-0.2, 0) is 13.1 Å². The molecule has 3 rings (SSSR count). The van der Waals surface area contributed by atoms with Gasteiger partial charge in [-0.05, 0) is 38.5 Å². The van der Waals surface area contributed by atoms with E-state index in [1.165, 1.54) is 5.56 Å². The smallest absolute Gasteiger partial charge is 0.226 e. The zero-order valence-corrected chi connectivity index (χ0v) is 18.8. The maximum absolute atomic E-state index is 5.59. The van der Waals surface area contributed by atoms with Crippen LogP contribution < -0.4 is 10.6 Å². The topological polar surface area (TPSA) is 80.3 Å². The Morgan fingerprint density at radius 2 is 1.93 bits per heavy atom. The molecular formula is C20H27IN6O. The molecule has 7 nitrogen and oxygen atoms in total. The number of aromatic nitrogens is 3. The number of halogens is 1. The fourth-order valence-electron chi connectivity index (χ4n) is 2.59. The van der Waals surface area contributed by atoms with E-state index in [0.29, 0.717) is 12.4 Å². The number of nitrogens with one attached hydrogen (secondary N) is 2. The molecular weight excluding hydrogens is 467 g/mol. The molecule has 0 atom stereocenters. The summed E-state index contributed by atoms with van der Waals surface area (Å²) in [7, 11) is 0. The molecule has 0 unspecified atom stereocenters. The molecule has 0 fully saturated rings. The van der Waals surface area contributed by atoms with Gasteiger partial charge in [0.2, 0.25) is 5.89 Å². The summed E-state index contributed by atoms with van der Waals surface area (Å²) in [6.45, 7) is 8.89. The number of hydrogen-bond acceptors (Lipinski definition) is 4. The van der Waals surface area contributed by atoms with Gasteiger partial charge in [0.15, 0.2) is 5.96 Å². The molecule has 0 amide bonds. The van der Waals surface area contributed by atoms with Gasteiger partial charge in [0, 0.05) is 24.8 Å². The van der Waals surface area contributed by atoms with E-state index in [2.05, 4.69) is 32.6 Å². The quantitative estimate of drug-likeness (QED) is 0.299. The third-order valence-corrected chi connectivity index (χ3v) is 3.99. The maximum Gasteiger partial charge on any atom is 0.226 e. The molecule has 0 bridgehead atoms. The summed E-state index contributed by atoms with van der Waals surface area (Å²) >= 11 is 0. The first-order valence-electron chi connectivity index (χ1n) is 9.16. The van der Waals surface area contributed by atoms with E-state index >= 15 is 0 Å². The Balaban J connectivity index is 0.00000280. The normalized spacial score (nSPS) is 11.2. The third kappa shape index (κ3) is 6.36. The van der Waals surface area contributed by atoms with Crippen LogP contribution in [0.1, 0.15) is 23.7 Å². The van der Waals surface area contributed by atoms with Crippen LogP contribution in [0.3, 0.4) is 0 Å². The van der Waals surface area contributed by atoms with Crippen molar-refractivity contribution in [2.45, 2.75) is 33.9 Å². The predicted octanol–water partition coefficient (Wildman–Crippen LogP) is 3.53. The molecule has 3 aromatic rings. The van der Waals surface area contributed by atoms with Crippen molar-refractivity contribution in [3.05, 3.63) is 59.7 Å². The van der Waals surface area contributed by atoms with Gasteiger partial charge in [-0.2, -0.15) is 5.10 Å². The van der Waals surface area contributed by atoms with E-state index < -0.39 is 0 Å². The lowest BCUT2D eigenvalue weighted by molar-refractivity contribution is 0.572.